The Morgan fingerprint density at radius 3 is 2.33 bits per heavy atom. The van der Waals surface area contributed by atoms with Crippen molar-refractivity contribution in [3.63, 3.8) is 0 Å². The van der Waals surface area contributed by atoms with E-state index in [1.165, 1.54) is 18.4 Å². The Balaban J connectivity index is 2.26. The summed E-state index contributed by atoms with van der Waals surface area (Å²) in [5, 5.41) is 0. The van der Waals surface area contributed by atoms with E-state index in [0.29, 0.717) is 5.41 Å². The molecule has 1 fully saturated rings. The Kier molecular flexibility index (Phi) is 1.51. The van der Waals surface area contributed by atoms with Crippen molar-refractivity contribution in [1.82, 2.24) is 0 Å². The average molecular weight is 162 g/mol. The van der Waals surface area contributed by atoms with E-state index in [4.69, 9.17) is 0 Å². The van der Waals surface area contributed by atoms with Gasteiger partial charge in [-0.1, -0.05) is 22.8 Å². The van der Waals surface area contributed by atoms with Crippen LogP contribution >= 0.6 is 0 Å². The largest absolute Gasteiger partial charge is 0.0798 e. The van der Waals surface area contributed by atoms with Crippen LogP contribution in [0.4, 0.5) is 0 Å². The molecule has 12 heavy (non-hydrogen) atoms. The number of hydrogen-bond donors (Lipinski definition) is 0. The summed E-state index contributed by atoms with van der Waals surface area (Å²) in [7, 11) is 0. The van der Waals surface area contributed by atoms with Crippen molar-refractivity contribution in [3.8, 4) is 0 Å². The van der Waals surface area contributed by atoms with Gasteiger partial charge >= 0.3 is 0 Å². The highest BCUT2D eigenvalue weighted by Crippen LogP contribution is 2.67. The second kappa shape index (κ2) is 2.25. The molecule has 0 heteroatoms. The second-order valence-corrected chi connectivity index (χ2v) is 4.69. The van der Waals surface area contributed by atoms with Crippen molar-refractivity contribution >= 4 is 0 Å². The lowest BCUT2D eigenvalue weighted by Gasteiger charge is -2.39. The van der Waals surface area contributed by atoms with Gasteiger partial charge in [0, 0.05) is 11.3 Å². The summed E-state index contributed by atoms with van der Waals surface area (Å²) in [4.78, 5) is 0. The summed E-state index contributed by atoms with van der Waals surface area (Å²) in [6.45, 7) is 9.02. The maximum absolute atomic E-state index is 2.45. The molecule has 2 aliphatic carbocycles. The molecular formula is C12H18. The molecule has 0 aliphatic heterocycles. The smallest absolute Gasteiger partial charge is 0.00730 e. The predicted octanol–water partition coefficient (Wildman–Crippen LogP) is 3.70. The average Bonchev–Trinajstić information content (AvgIpc) is 2.79. The molecule has 1 unspecified atom stereocenters. The molecule has 0 bridgehead atoms. The van der Waals surface area contributed by atoms with Crippen LogP contribution in [0, 0.1) is 11.3 Å². The second-order valence-electron chi connectivity index (χ2n) is 4.69. The van der Waals surface area contributed by atoms with Crippen molar-refractivity contribution in [3.05, 3.63) is 22.8 Å². The highest BCUT2D eigenvalue weighted by molar-refractivity contribution is 5.44. The molecule has 0 saturated heterocycles. The van der Waals surface area contributed by atoms with Crippen LogP contribution in [-0.2, 0) is 0 Å². The molecule has 2 aliphatic rings. The van der Waals surface area contributed by atoms with Gasteiger partial charge < -0.3 is 0 Å². The molecule has 1 spiro atoms. The van der Waals surface area contributed by atoms with Crippen molar-refractivity contribution in [2.75, 3.05) is 0 Å². The molecule has 0 N–H and O–H groups in total. The zero-order valence-electron chi connectivity index (χ0n) is 8.57. The molecule has 0 aromatic heterocycles. The Morgan fingerprint density at radius 2 is 1.92 bits per heavy atom. The van der Waals surface area contributed by atoms with Gasteiger partial charge in [0.2, 0.25) is 0 Å². The first-order valence-corrected chi connectivity index (χ1v) is 4.91. The first-order chi connectivity index (χ1) is 5.58. The Bertz CT molecular complexity index is 270. The van der Waals surface area contributed by atoms with Crippen LogP contribution < -0.4 is 0 Å². The van der Waals surface area contributed by atoms with Gasteiger partial charge in [-0.05, 0) is 40.5 Å². The van der Waals surface area contributed by atoms with Gasteiger partial charge in [-0.15, -0.1) is 0 Å². The fraction of sp³-hybridized carbons (Fsp3) is 0.667. The molecule has 0 amide bonds. The minimum absolute atomic E-state index is 0.654. The van der Waals surface area contributed by atoms with E-state index < -0.39 is 0 Å². The maximum atomic E-state index is 2.45. The topological polar surface area (TPSA) is 0 Å². The zero-order valence-corrected chi connectivity index (χ0v) is 8.57. The molecule has 0 aromatic carbocycles. The van der Waals surface area contributed by atoms with Crippen LogP contribution in [0.15, 0.2) is 22.8 Å². The third kappa shape index (κ3) is 0.840. The van der Waals surface area contributed by atoms with Crippen LogP contribution in [0.1, 0.15) is 40.5 Å². The van der Waals surface area contributed by atoms with Crippen LogP contribution in [0.2, 0.25) is 0 Å². The lowest BCUT2D eigenvalue weighted by atomic mass is 9.65. The van der Waals surface area contributed by atoms with Gasteiger partial charge in [-0.3, -0.25) is 0 Å². The standard InChI is InChI=1S/C12H18/c1-8(2)7-11-9(3)10(4)12(11)5-6-12/h7,11H,5-6H2,1-4H3. The molecule has 0 heterocycles. The first-order valence-electron chi connectivity index (χ1n) is 4.91. The lowest BCUT2D eigenvalue weighted by Crippen LogP contribution is -2.28. The van der Waals surface area contributed by atoms with Crippen LogP contribution in [0.25, 0.3) is 0 Å². The summed E-state index contributed by atoms with van der Waals surface area (Å²) in [6.07, 6.45) is 5.32. The quantitative estimate of drug-likeness (QED) is 0.516. The van der Waals surface area contributed by atoms with E-state index in [1.807, 2.05) is 0 Å². The first kappa shape index (κ1) is 8.10. The van der Waals surface area contributed by atoms with Crippen LogP contribution in [0.3, 0.4) is 0 Å². The normalized spacial score (nSPS) is 30.2. The molecule has 1 saturated carbocycles. The Morgan fingerprint density at radius 1 is 1.33 bits per heavy atom. The van der Waals surface area contributed by atoms with Crippen LogP contribution in [0.5, 0.6) is 0 Å². The lowest BCUT2D eigenvalue weighted by molar-refractivity contribution is 0.407. The molecule has 0 aromatic rings. The molecule has 66 valence electrons. The maximum Gasteiger partial charge on any atom is 0.00730 e. The molecule has 0 radical (unpaired) electrons. The van der Waals surface area contributed by atoms with Gasteiger partial charge in [-0.2, -0.15) is 0 Å². The van der Waals surface area contributed by atoms with E-state index in [0.717, 1.165) is 5.92 Å². The summed E-state index contributed by atoms with van der Waals surface area (Å²) < 4.78 is 0. The number of rotatable bonds is 1. The molecule has 2 rings (SSSR count). The van der Waals surface area contributed by atoms with E-state index in [1.54, 1.807) is 11.1 Å². The minimum Gasteiger partial charge on any atom is -0.0798 e. The third-order valence-electron chi connectivity index (χ3n) is 3.69. The van der Waals surface area contributed by atoms with Crippen molar-refractivity contribution < 1.29 is 0 Å². The van der Waals surface area contributed by atoms with Crippen LogP contribution in [-0.4, -0.2) is 0 Å². The fourth-order valence-electron chi connectivity index (χ4n) is 2.63. The monoisotopic (exact) mass is 162 g/mol. The predicted molar refractivity (Wildman–Crippen MR) is 53.0 cm³/mol. The fourth-order valence-corrected chi connectivity index (χ4v) is 2.63. The summed E-state index contributed by atoms with van der Waals surface area (Å²) in [5.74, 6) is 0.794. The van der Waals surface area contributed by atoms with Gasteiger partial charge in [0.25, 0.3) is 0 Å². The number of hydrogen-bond acceptors (Lipinski definition) is 0. The van der Waals surface area contributed by atoms with E-state index in [2.05, 4.69) is 33.8 Å². The summed E-state index contributed by atoms with van der Waals surface area (Å²) in [5.41, 5.74) is 5.44. The van der Waals surface area contributed by atoms with Gasteiger partial charge in [0.1, 0.15) is 0 Å². The zero-order chi connectivity index (χ0) is 8.93. The van der Waals surface area contributed by atoms with Gasteiger partial charge in [0.05, 0.1) is 0 Å². The molecule has 1 atom stereocenters. The van der Waals surface area contributed by atoms with E-state index in [9.17, 15) is 0 Å². The van der Waals surface area contributed by atoms with Crippen molar-refractivity contribution in [2.24, 2.45) is 11.3 Å². The van der Waals surface area contributed by atoms with E-state index in [-0.39, 0.29) is 0 Å². The highest BCUT2D eigenvalue weighted by atomic mass is 14.6. The van der Waals surface area contributed by atoms with Crippen molar-refractivity contribution in [1.29, 1.82) is 0 Å². The molecular weight excluding hydrogens is 144 g/mol. The Hall–Kier alpha value is -0.520. The minimum atomic E-state index is 0.654. The SMILES string of the molecule is CC(C)=CC1C(C)=C(C)C12CC2. The summed E-state index contributed by atoms with van der Waals surface area (Å²) in [6, 6.07) is 0. The Labute approximate surface area is 75.4 Å². The van der Waals surface area contributed by atoms with Gasteiger partial charge in [0.15, 0.2) is 0 Å². The summed E-state index contributed by atoms with van der Waals surface area (Å²) >= 11 is 0. The van der Waals surface area contributed by atoms with Gasteiger partial charge in [-0.25, -0.2) is 0 Å². The highest BCUT2D eigenvalue weighted by Gasteiger charge is 2.57. The van der Waals surface area contributed by atoms with Crippen molar-refractivity contribution in [2.45, 2.75) is 40.5 Å². The third-order valence-corrected chi connectivity index (χ3v) is 3.69. The molecule has 0 nitrogen and oxygen atoms in total. The number of allylic oxidation sites excluding steroid dienone is 4. The van der Waals surface area contributed by atoms with E-state index >= 15 is 0 Å².